The lowest BCUT2D eigenvalue weighted by atomic mass is 10.1. The Kier molecular flexibility index (Phi) is 2.21. The summed E-state index contributed by atoms with van der Waals surface area (Å²) in [6.07, 6.45) is 3.08. The van der Waals surface area contributed by atoms with Crippen LogP contribution in [0.1, 0.15) is 10.5 Å². The summed E-state index contributed by atoms with van der Waals surface area (Å²) in [5.74, 6) is -1.04. The summed E-state index contributed by atoms with van der Waals surface area (Å²) in [4.78, 5) is 14.8. The van der Waals surface area contributed by atoms with Gasteiger partial charge in [0, 0.05) is 25.0 Å². The zero-order chi connectivity index (χ0) is 10.8. The smallest absolute Gasteiger partial charge is 0.355 e. The first-order valence-electron chi connectivity index (χ1n) is 4.37. The largest absolute Gasteiger partial charge is 0.476 e. The highest BCUT2D eigenvalue weighted by atomic mass is 16.4. The van der Waals surface area contributed by atoms with Crippen molar-refractivity contribution in [2.45, 2.75) is 0 Å². The number of carboxylic acid groups (broad SMARTS) is 1. The average Bonchev–Trinajstić information content (AvgIpc) is 2.64. The van der Waals surface area contributed by atoms with Gasteiger partial charge in [-0.3, -0.25) is 4.68 Å². The molecule has 0 aliphatic rings. The molecule has 2 aromatic rings. The van der Waals surface area contributed by atoms with Gasteiger partial charge in [0.05, 0.1) is 5.69 Å². The first-order valence-corrected chi connectivity index (χ1v) is 4.37. The molecule has 1 N–H and O–H groups in total. The second-order valence-corrected chi connectivity index (χ2v) is 3.04. The topological polar surface area (TPSA) is 68.0 Å². The van der Waals surface area contributed by atoms with Gasteiger partial charge < -0.3 is 5.11 Å². The molecule has 76 valence electrons. The molecule has 0 saturated heterocycles. The Morgan fingerprint density at radius 2 is 2.20 bits per heavy atom. The lowest BCUT2D eigenvalue weighted by molar-refractivity contribution is 0.0691. The fourth-order valence-electron chi connectivity index (χ4n) is 1.42. The van der Waals surface area contributed by atoms with E-state index >= 15 is 0 Å². The fraction of sp³-hybridized carbons (Fsp3) is 0.100. The van der Waals surface area contributed by atoms with Crippen molar-refractivity contribution >= 4 is 5.97 Å². The van der Waals surface area contributed by atoms with Crippen molar-refractivity contribution < 1.29 is 9.90 Å². The Bertz CT molecular complexity index is 505. The van der Waals surface area contributed by atoms with Crippen molar-refractivity contribution in [1.29, 1.82) is 0 Å². The van der Waals surface area contributed by atoms with E-state index in [1.807, 2.05) is 0 Å². The molecule has 0 saturated carbocycles. The summed E-state index contributed by atoms with van der Waals surface area (Å²) in [5, 5.41) is 13.0. The summed E-state index contributed by atoms with van der Waals surface area (Å²) in [6, 6.07) is 5.17. The molecule has 0 atom stereocenters. The minimum Gasteiger partial charge on any atom is -0.476 e. The van der Waals surface area contributed by atoms with Crippen molar-refractivity contribution in [2.75, 3.05) is 0 Å². The van der Waals surface area contributed by atoms with Gasteiger partial charge in [-0.1, -0.05) is 0 Å². The zero-order valence-electron chi connectivity index (χ0n) is 8.08. The average molecular weight is 203 g/mol. The van der Waals surface area contributed by atoms with Gasteiger partial charge in [-0.15, -0.1) is 0 Å². The summed E-state index contributed by atoms with van der Waals surface area (Å²) in [7, 11) is 1.76. The van der Waals surface area contributed by atoms with Crippen molar-refractivity contribution in [1.82, 2.24) is 14.8 Å². The quantitative estimate of drug-likeness (QED) is 0.795. The van der Waals surface area contributed by atoms with Gasteiger partial charge in [0.1, 0.15) is 0 Å². The zero-order valence-corrected chi connectivity index (χ0v) is 8.08. The standard InChI is InChI=1S/C10H9N3O2/c1-13-8(4-6-12-13)7-3-2-5-11-9(7)10(14)15/h2-6H,1H3,(H,14,15). The molecule has 0 aliphatic carbocycles. The number of rotatable bonds is 2. The third kappa shape index (κ3) is 1.59. The number of carbonyl (C=O) groups is 1. The van der Waals surface area contributed by atoms with Crippen LogP contribution < -0.4 is 0 Å². The van der Waals surface area contributed by atoms with Gasteiger partial charge in [0.15, 0.2) is 5.69 Å². The summed E-state index contributed by atoms with van der Waals surface area (Å²) in [6.45, 7) is 0. The Hall–Kier alpha value is -2.17. The highest BCUT2D eigenvalue weighted by Crippen LogP contribution is 2.20. The van der Waals surface area contributed by atoms with Crippen LogP contribution in [0.2, 0.25) is 0 Å². The van der Waals surface area contributed by atoms with Crippen LogP contribution >= 0.6 is 0 Å². The fourth-order valence-corrected chi connectivity index (χ4v) is 1.42. The number of hydrogen-bond donors (Lipinski definition) is 1. The lowest BCUT2D eigenvalue weighted by Gasteiger charge is -2.04. The van der Waals surface area contributed by atoms with Crippen LogP contribution in [0.4, 0.5) is 0 Å². The molecular formula is C10H9N3O2. The van der Waals surface area contributed by atoms with E-state index in [0.717, 1.165) is 5.69 Å². The Labute approximate surface area is 86.0 Å². The normalized spacial score (nSPS) is 10.2. The van der Waals surface area contributed by atoms with Crippen molar-refractivity contribution in [3.8, 4) is 11.3 Å². The van der Waals surface area contributed by atoms with Crippen LogP contribution in [0.15, 0.2) is 30.6 Å². The second-order valence-electron chi connectivity index (χ2n) is 3.04. The van der Waals surface area contributed by atoms with Crippen LogP contribution in [0.25, 0.3) is 11.3 Å². The van der Waals surface area contributed by atoms with E-state index in [2.05, 4.69) is 10.1 Å². The predicted molar refractivity (Wildman–Crippen MR) is 53.4 cm³/mol. The number of nitrogens with zero attached hydrogens (tertiary/aromatic N) is 3. The van der Waals surface area contributed by atoms with E-state index in [0.29, 0.717) is 5.56 Å². The van der Waals surface area contributed by atoms with E-state index < -0.39 is 5.97 Å². The minimum atomic E-state index is -1.04. The third-order valence-corrected chi connectivity index (χ3v) is 2.11. The van der Waals surface area contributed by atoms with Crippen molar-refractivity contribution in [2.24, 2.45) is 7.05 Å². The minimum absolute atomic E-state index is 0.0427. The maximum Gasteiger partial charge on any atom is 0.355 e. The maximum absolute atomic E-state index is 10.9. The van der Waals surface area contributed by atoms with Gasteiger partial charge >= 0.3 is 5.97 Å². The molecule has 2 aromatic heterocycles. The van der Waals surface area contributed by atoms with Crippen molar-refractivity contribution in [3.63, 3.8) is 0 Å². The molecule has 0 bridgehead atoms. The highest BCUT2D eigenvalue weighted by Gasteiger charge is 2.14. The van der Waals surface area contributed by atoms with Gasteiger partial charge in [0.25, 0.3) is 0 Å². The summed E-state index contributed by atoms with van der Waals surface area (Å²) >= 11 is 0. The van der Waals surface area contributed by atoms with Crippen LogP contribution in [0.3, 0.4) is 0 Å². The second kappa shape index (κ2) is 3.53. The summed E-state index contributed by atoms with van der Waals surface area (Å²) < 4.78 is 1.61. The molecule has 5 nitrogen and oxygen atoms in total. The molecule has 2 heterocycles. The van der Waals surface area contributed by atoms with Crippen molar-refractivity contribution in [3.05, 3.63) is 36.3 Å². The van der Waals surface area contributed by atoms with E-state index in [1.54, 1.807) is 36.1 Å². The first kappa shape index (κ1) is 9.39. The van der Waals surface area contributed by atoms with Gasteiger partial charge in [0.2, 0.25) is 0 Å². The predicted octanol–water partition coefficient (Wildman–Crippen LogP) is 1.18. The number of aromatic nitrogens is 3. The Morgan fingerprint density at radius 3 is 2.80 bits per heavy atom. The molecule has 0 aromatic carbocycles. The molecule has 0 unspecified atom stereocenters. The monoisotopic (exact) mass is 203 g/mol. The molecular weight excluding hydrogens is 194 g/mol. The Balaban J connectivity index is 2.63. The lowest BCUT2D eigenvalue weighted by Crippen LogP contribution is -2.04. The number of pyridine rings is 1. The van der Waals surface area contributed by atoms with E-state index in [4.69, 9.17) is 5.11 Å². The highest BCUT2D eigenvalue weighted by molar-refractivity contribution is 5.93. The number of aromatic carboxylic acids is 1. The SMILES string of the molecule is Cn1nccc1-c1cccnc1C(=O)O. The van der Waals surface area contributed by atoms with Crippen LogP contribution in [0, 0.1) is 0 Å². The van der Waals surface area contributed by atoms with Crippen LogP contribution in [0.5, 0.6) is 0 Å². The molecule has 15 heavy (non-hydrogen) atoms. The number of carboxylic acids is 1. The molecule has 0 amide bonds. The maximum atomic E-state index is 10.9. The molecule has 0 radical (unpaired) electrons. The van der Waals surface area contributed by atoms with Crippen LogP contribution in [-0.2, 0) is 7.05 Å². The first-order chi connectivity index (χ1) is 7.20. The van der Waals surface area contributed by atoms with Crippen LogP contribution in [-0.4, -0.2) is 25.8 Å². The number of aryl methyl sites for hydroxylation is 1. The van der Waals surface area contributed by atoms with Gasteiger partial charge in [-0.05, 0) is 18.2 Å². The number of hydrogen-bond acceptors (Lipinski definition) is 3. The molecule has 2 rings (SSSR count). The van der Waals surface area contributed by atoms with E-state index in [-0.39, 0.29) is 5.69 Å². The van der Waals surface area contributed by atoms with E-state index in [1.165, 1.54) is 6.20 Å². The molecule has 0 aliphatic heterocycles. The summed E-state index contributed by atoms with van der Waals surface area (Å²) in [5.41, 5.74) is 1.35. The molecule has 0 spiro atoms. The third-order valence-electron chi connectivity index (χ3n) is 2.11. The Morgan fingerprint density at radius 1 is 1.40 bits per heavy atom. The molecule has 0 fully saturated rings. The molecule has 5 heteroatoms. The van der Waals surface area contributed by atoms with Gasteiger partial charge in [-0.2, -0.15) is 5.10 Å². The van der Waals surface area contributed by atoms with E-state index in [9.17, 15) is 4.79 Å². The van der Waals surface area contributed by atoms with Gasteiger partial charge in [-0.25, -0.2) is 9.78 Å².